The molecule has 36 heavy (non-hydrogen) atoms. The van der Waals surface area contributed by atoms with Crippen molar-refractivity contribution in [2.75, 3.05) is 54.9 Å². The van der Waals surface area contributed by atoms with Gasteiger partial charge >= 0.3 is 6.09 Å². The maximum Gasteiger partial charge on any atom is 0.416 e. The number of hydrogen-bond acceptors (Lipinski definition) is 10. The van der Waals surface area contributed by atoms with E-state index in [1.165, 1.54) is 4.90 Å². The molecule has 0 aliphatic rings. The van der Waals surface area contributed by atoms with E-state index >= 15 is 0 Å². The molecule has 0 aliphatic carbocycles. The van der Waals surface area contributed by atoms with E-state index in [2.05, 4.69) is 15.6 Å². The second kappa shape index (κ2) is 14.0. The van der Waals surface area contributed by atoms with Crippen molar-refractivity contribution >= 4 is 40.7 Å². The van der Waals surface area contributed by atoms with Gasteiger partial charge in [0.05, 0.1) is 30.2 Å². The van der Waals surface area contributed by atoms with Crippen LogP contribution in [0.4, 0.5) is 33.5 Å². The van der Waals surface area contributed by atoms with Crippen LogP contribution in [0.1, 0.15) is 5.56 Å². The van der Waals surface area contributed by atoms with Crippen molar-refractivity contribution in [2.45, 2.75) is 6.61 Å². The van der Waals surface area contributed by atoms with Crippen LogP contribution in [0.25, 0.3) is 0 Å². The van der Waals surface area contributed by atoms with E-state index in [1.54, 1.807) is 74.8 Å². The van der Waals surface area contributed by atoms with E-state index in [4.69, 9.17) is 26.7 Å². The molecule has 192 valence electrons. The minimum absolute atomic E-state index is 0.162. The van der Waals surface area contributed by atoms with Gasteiger partial charge < -0.3 is 42.4 Å². The predicted molar refractivity (Wildman–Crippen MR) is 139 cm³/mol. The molecule has 3 rings (SSSR count). The Labute approximate surface area is 209 Å². The molecule has 3 aromatic rings. The van der Waals surface area contributed by atoms with Gasteiger partial charge in [-0.1, -0.05) is 30.3 Å². The minimum atomic E-state index is -0.588. The summed E-state index contributed by atoms with van der Waals surface area (Å²) in [6, 6.07) is 17.2. The molecule has 0 saturated heterocycles. The number of carbonyl (C=O) groups is 2. The minimum Gasteiger partial charge on any atom is -0.455 e. The highest BCUT2D eigenvalue weighted by Gasteiger charge is 2.15. The van der Waals surface area contributed by atoms with Crippen LogP contribution in [0.2, 0.25) is 0 Å². The van der Waals surface area contributed by atoms with Gasteiger partial charge in [0, 0.05) is 12.6 Å². The molecule has 0 spiro atoms. The summed E-state index contributed by atoms with van der Waals surface area (Å²) in [5.74, 6) is 0.891. The zero-order valence-electron chi connectivity index (χ0n) is 20.1. The Kier molecular flexibility index (Phi) is 10.8. The summed E-state index contributed by atoms with van der Waals surface area (Å²) < 4.78 is 10.4. The van der Waals surface area contributed by atoms with Gasteiger partial charge in [-0.25, -0.2) is 9.78 Å². The molecule has 0 atom stereocenters. The molecule has 0 saturated carbocycles. The van der Waals surface area contributed by atoms with Crippen molar-refractivity contribution in [1.82, 2.24) is 10.3 Å². The molecule has 12 nitrogen and oxygen atoms in total. The molecule has 1 heterocycles. The van der Waals surface area contributed by atoms with Crippen LogP contribution in [-0.2, 0) is 16.1 Å². The third-order valence-electron chi connectivity index (χ3n) is 4.68. The third-order valence-corrected chi connectivity index (χ3v) is 4.68. The molecule has 0 unspecified atom stereocenters. The number of carbonyl (C=O) groups excluding carboxylic acids is 2. The molecule has 12 heteroatoms. The Hall–Kier alpha value is -4.55. The summed E-state index contributed by atoms with van der Waals surface area (Å²) in [5.41, 5.74) is 18.7. The quantitative estimate of drug-likeness (QED) is 0.197. The van der Waals surface area contributed by atoms with Crippen molar-refractivity contribution in [1.29, 1.82) is 0 Å². The van der Waals surface area contributed by atoms with Crippen LogP contribution < -0.4 is 37.5 Å². The molecule has 0 aliphatic heterocycles. The molecular formula is C24H31N7O5. The van der Waals surface area contributed by atoms with Crippen LogP contribution in [0, 0.1) is 0 Å². The standard InChI is InChI=1S/C16H18N2O4.C8H13N5O/c1-18(14-8-4-2-6-12(14)10-19)16(20)22-11-21-15-9-5-3-7-13(15)17;1-11-4-7(14)12-6-3-2-5(9)8(10)13-6/h2-9,19H,10-11,17H2,1H3;2-3,11H,4,9H2,1H3,(H3,10,12,13,14). The first-order valence-corrected chi connectivity index (χ1v) is 10.8. The maximum atomic E-state index is 12.0. The number of anilines is 5. The van der Waals surface area contributed by atoms with Gasteiger partial charge in [-0.2, -0.15) is 0 Å². The fourth-order valence-electron chi connectivity index (χ4n) is 2.83. The molecule has 2 aromatic carbocycles. The normalized spacial score (nSPS) is 9.97. The van der Waals surface area contributed by atoms with Gasteiger partial charge in [-0.05, 0) is 37.4 Å². The second-order valence-corrected chi connectivity index (χ2v) is 7.31. The van der Waals surface area contributed by atoms with Crippen LogP contribution in [0.15, 0.2) is 60.7 Å². The number of aliphatic hydroxyl groups excluding tert-OH is 1. The van der Waals surface area contributed by atoms with Crippen molar-refractivity contribution in [2.24, 2.45) is 0 Å². The molecule has 0 bridgehead atoms. The summed E-state index contributed by atoms with van der Waals surface area (Å²) in [5, 5.41) is 14.6. The number of nitrogens with one attached hydrogen (secondary N) is 2. The SMILES string of the molecule is CN(C(=O)OCOc1ccccc1N)c1ccccc1CO.CNCC(=O)Nc1ccc(N)c(N)n1. The number of nitrogens with zero attached hydrogens (tertiary/aromatic N) is 2. The lowest BCUT2D eigenvalue weighted by Crippen LogP contribution is -2.29. The van der Waals surface area contributed by atoms with E-state index in [9.17, 15) is 14.7 Å². The van der Waals surface area contributed by atoms with Gasteiger partial charge in [-0.15, -0.1) is 0 Å². The molecule has 2 amide bonds. The van der Waals surface area contributed by atoms with Crippen molar-refractivity contribution in [3.63, 3.8) is 0 Å². The number of aliphatic hydroxyl groups is 1. The summed E-state index contributed by atoms with van der Waals surface area (Å²) in [7, 11) is 3.25. The van der Waals surface area contributed by atoms with Crippen LogP contribution in [0.5, 0.6) is 5.75 Å². The first-order valence-electron chi connectivity index (χ1n) is 10.8. The highest BCUT2D eigenvalue weighted by Crippen LogP contribution is 2.21. The zero-order chi connectivity index (χ0) is 26.5. The topological polar surface area (TPSA) is 191 Å². The second-order valence-electron chi connectivity index (χ2n) is 7.31. The number of amides is 2. The van der Waals surface area contributed by atoms with Gasteiger partial charge in [0.25, 0.3) is 0 Å². The third kappa shape index (κ3) is 8.34. The Bertz CT molecular complexity index is 1160. The Balaban J connectivity index is 0.000000281. The number of nitrogen functional groups attached to an aromatic ring is 3. The van der Waals surface area contributed by atoms with Gasteiger partial charge in [-0.3, -0.25) is 9.69 Å². The van der Waals surface area contributed by atoms with E-state index in [-0.39, 0.29) is 31.7 Å². The van der Waals surface area contributed by atoms with Gasteiger partial charge in [0.1, 0.15) is 17.4 Å². The zero-order valence-corrected chi connectivity index (χ0v) is 20.1. The summed E-state index contributed by atoms with van der Waals surface area (Å²) in [6.07, 6.45) is -0.588. The number of aromatic nitrogens is 1. The Morgan fingerprint density at radius 2 is 1.69 bits per heavy atom. The summed E-state index contributed by atoms with van der Waals surface area (Å²) >= 11 is 0. The lowest BCUT2D eigenvalue weighted by molar-refractivity contribution is -0.115. The van der Waals surface area contributed by atoms with Crippen molar-refractivity contribution < 1.29 is 24.2 Å². The number of rotatable bonds is 8. The number of pyridine rings is 1. The van der Waals surface area contributed by atoms with Crippen molar-refractivity contribution in [3.05, 3.63) is 66.2 Å². The summed E-state index contributed by atoms with van der Waals surface area (Å²) in [6.45, 7) is -0.185. The van der Waals surface area contributed by atoms with Gasteiger partial charge in [0.2, 0.25) is 12.7 Å². The Morgan fingerprint density at radius 1 is 1.00 bits per heavy atom. The highest BCUT2D eigenvalue weighted by atomic mass is 16.7. The smallest absolute Gasteiger partial charge is 0.416 e. The maximum absolute atomic E-state index is 12.0. The molecule has 9 N–H and O–H groups in total. The fourth-order valence-corrected chi connectivity index (χ4v) is 2.83. The van der Waals surface area contributed by atoms with Gasteiger partial charge in [0.15, 0.2) is 0 Å². The average molecular weight is 498 g/mol. The number of benzene rings is 2. The average Bonchev–Trinajstić information content (AvgIpc) is 2.87. The number of nitrogens with two attached hydrogens (primary N) is 3. The number of hydrogen-bond donors (Lipinski definition) is 6. The van der Waals surface area contributed by atoms with Crippen LogP contribution >= 0.6 is 0 Å². The molecule has 0 radical (unpaired) electrons. The molecular weight excluding hydrogens is 466 g/mol. The molecule has 1 aromatic heterocycles. The van der Waals surface area contributed by atoms with E-state index < -0.39 is 6.09 Å². The van der Waals surface area contributed by atoms with Crippen LogP contribution in [-0.4, -0.2) is 49.5 Å². The number of para-hydroxylation sites is 3. The first-order chi connectivity index (χ1) is 17.3. The highest BCUT2D eigenvalue weighted by molar-refractivity contribution is 5.91. The molecule has 0 fully saturated rings. The predicted octanol–water partition coefficient (Wildman–Crippen LogP) is 1.77. The van der Waals surface area contributed by atoms with E-state index in [1.807, 2.05) is 0 Å². The van der Waals surface area contributed by atoms with Crippen LogP contribution in [0.3, 0.4) is 0 Å². The Morgan fingerprint density at radius 3 is 2.36 bits per heavy atom. The van der Waals surface area contributed by atoms with E-state index in [0.717, 1.165) is 0 Å². The van der Waals surface area contributed by atoms with E-state index in [0.29, 0.717) is 34.2 Å². The monoisotopic (exact) mass is 497 g/mol. The lowest BCUT2D eigenvalue weighted by Gasteiger charge is -2.19. The first kappa shape index (κ1) is 27.7. The summed E-state index contributed by atoms with van der Waals surface area (Å²) in [4.78, 5) is 28.3. The lowest BCUT2D eigenvalue weighted by atomic mass is 10.2. The largest absolute Gasteiger partial charge is 0.455 e. The fraction of sp³-hybridized carbons (Fsp3) is 0.208. The van der Waals surface area contributed by atoms with Crippen molar-refractivity contribution in [3.8, 4) is 5.75 Å². The number of ether oxygens (including phenoxy) is 2. The number of likely N-dealkylation sites (N-methyl/N-ethyl adjacent to an activating group) is 1.